The van der Waals surface area contributed by atoms with Crippen LogP contribution in [0.25, 0.3) is 0 Å². The van der Waals surface area contributed by atoms with Crippen LogP contribution in [0.3, 0.4) is 0 Å². The Morgan fingerprint density at radius 2 is 2.26 bits per heavy atom. The van der Waals surface area contributed by atoms with Crippen LogP contribution in [0.1, 0.15) is 38.2 Å². The van der Waals surface area contributed by atoms with Gasteiger partial charge in [-0.05, 0) is 36.8 Å². The van der Waals surface area contributed by atoms with Crippen LogP contribution < -0.4 is 10.2 Å². The van der Waals surface area contributed by atoms with Gasteiger partial charge in [0.15, 0.2) is 0 Å². The Kier molecular flexibility index (Phi) is 3.94. The maximum absolute atomic E-state index is 6.24. The van der Waals surface area contributed by atoms with Gasteiger partial charge in [-0.2, -0.15) is 0 Å². The molecule has 0 spiro atoms. The molecule has 104 valence electrons. The molecule has 3 nitrogen and oxygen atoms in total. The molecule has 0 amide bonds. The summed E-state index contributed by atoms with van der Waals surface area (Å²) in [5.41, 5.74) is 1.18. The molecule has 1 atom stereocenters. The highest BCUT2D eigenvalue weighted by atomic mass is 35.5. The Labute approximate surface area is 120 Å². The minimum Gasteiger partial charge on any atom is -0.356 e. The van der Waals surface area contributed by atoms with Gasteiger partial charge in [0.25, 0.3) is 0 Å². The summed E-state index contributed by atoms with van der Waals surface area (Å²) in [5, 5.41) is 4.30. The first-order valence-corrected chi connectivity index (χ1v) is 7.76. The van der Waals surface area contributed by atoms with Crippen molar-refractivity contribution in [3.8, 4) is 0 Å². The van der Waals surface area contributed by atoms with Gasteiger partial charge in [-0.3, -0.25) is 0 Å². The number of halogens is 1. The normalized spacial score (nSPS) is 23.1. The number of nitrogens with zero attached hydrogens (tertiary/aromatic N) is 2. The van der Waals surface area contributed by atoms with Gasteiger partial charge in [0, 0.05) is 31.9 Å². The molecule has 1 aliphatic heterocycles. The molecular weight excluding hydrogens is 258 g/mol. The molecule has 3 rings (SSSR count). The average Bonchev–Trinajstić information content (AvgIpc) is 3.13. The van der Waals surface area contributed by atoms with Crippen LogP contribution in [-0.4, -0.2) is 24.1 Å². The highest BCUT2D eigenvalue weighted by Gasteiger charge is 2.23. The zero-order valence-corrected chi connectivity index (χ0v) is 12.3. The van der Waals surface area contributed by atoms with Gasteiger partial charge in [-0.15, -0.1) is 0 Å². The average molecular weight is 280 g/mol. The summed E-state index contributed by atoms with van der Waals surface area (Å²) in [6.07, 6.45) is 6.97. The van der Waals surface area contributed by atoms with E-state index in [-0.39, 0.29) is 0 Å². The van der Waals surface area contributed by atoms with Crippen molar-refractivity contribution in [3.05, 3.63) is 22.8 Å². The maximum Gasteiger partial charge on any atom is 0.128 e. The van der Waals surface area contributed by atoms with Crippen LogP contribution >= 0.6 is 11.6 Å². The number of hydrogen-bond acceptors (Lipinski definition) is 3. The topological polar surface area (TPSA) is 28.2 Å². The second-order valence-corrected chi connectivity index (χ2v) is 6.21. The number of anilines is 1. The smallest absolute Gasteiger partial charge is 0.128 e. The fraction of sp³-hybridized carbons (Fsp3) is 0.667. The molecule has 1 unspecified atom stereocenters. The minimum atomic E-state index is 0.712. The number of nitrogens with one attached hydrogen (secondary N) is 1. The fourth-order valence-electron chi connectivity index (χ4n) is 2.69. The molecule has 1 aliphatic carbocycles. The van der Waals surface area contributed by atoms with E-state index in [1.807, 2.05) is 0 Å². The van der Waals surface area contributed by atoms with E-state index in [9.17, 15) is 0 Å². The van der Waals surface area contributed by atoms with E-state index in [0.717, 1.165) is 36.4 Å². The maximum atomic E-state index is 6.24. The zero-order chi connectivity index (χ0) is 13.2. The Morgan fingerprint density at radius 3 is 2.95 bits per heavy atom. The molecule has 1 aromatic heterocycles. The van der Waals surface area contributed by atoms with Crippen LogP contribution in [0.5, 0.6) is 0 Å². The molecule has 2 fully saturated rings. The summed E-state index contributed by atoms with van der Waals surface area (Å²) in [5.74, 6) is 1.92. The summed E-state index contributed by atoms with van der Waals surface area (Å²) in [6, 6.07) is 2.87. The molecule has 0 aromatic carbocycles. The monoisotopic (exact) mass is 279 g/mol. The van der Waals surface area contributed by atoms with E-state index < -0.39 is 0 Å². The third kappa shape index (κ3) is 3.21. The van der Waals surface area contributed by atoms with Crippen LogP contribution in [0.15, 0.2) is 12.3 Å². The molecule has 1 N–H and O–H groups in total. The first-order chi connectivity index (χ1) is 9.26. The van der Waals surface area contributed by atoms with Crippen molar-refractivity contribution in [3.63, 3.8) is 0 Å². The van der Waals surface area contributed by atoms with E-state index in [1.165, 1.54) is 31.2 Å². The molecule has 1 saturated heterocycles. The third-order valence-electron chi connectivity index (χ3n) is 4.27. The quantitative estimate of drug-likeness (QED) is 0.897. The number of hydrogen-bond donors (Lipinski definition) is 1. The zero-order valence-electron chi connectivity index (χ0n) is 11.5. The van der Waals surface area contributed by atoms with Gasteiger partial charge < -0.3 is 10.2 Å². The lowest BCUT2D eigenvalue weighted by atomic mass is 10.1. The van der Waals surface area contributed by atoms with Crippen molar-refractivity contribution in [2.45, 2.75) is 45.2 Å². The van der Waals surface area contributed by atoms with Gasteiger partial charge in [0.2, 0.25) is 0 Å². The molecule has 4 heteroatoms. The van der Waals surface area contributed by atoms with E-state index in [0.29, 0.717) is 6.04 Å². The number of pyridine rings is 1. The van der Waals surface area contributed by atoms with Crippen LogP contribution in [0.4, 0.5) is 5.82 Å². The predicted molar refractivity (Wildman–Crippen MR) is 79.7 cm³/mol. The molecule has 0 radical (unpaired) electrons. The SMILES string of the molecule is CCC1CCN(c2cc(CNC3CC3)c(Cl)cn2)C1. The van der Waals surface area contributed by atoms with E-state index in [1.54, 1.807) is 6.20 Å². The first-order valence-electron chi connectivity index (χ1n) is 7.39. The lowest BCUT2D eigenvalue weighted by Gasteiger charge is -2.18. The third-order valence-corrected chi connectivity index (χ3v) is 4.61. The highest BCUT2D eigenvalue weighted by Crippen LogP contribution is 2.27. The minimum absolute atomic E-state index is 0.712. The second kappa shape index (κ2) is 5.68. The Hall–Kier alpha value is -0.800. The van der Waals surface area contributed by atoms with Crippen LogP contribution in [0, 0.1) is 5.92 Å². The van der Waals surface area contributed by atoms with E-state index in [4.69, 9.17) is 11.6 Å². The number of aromatic nitrogens is 1. The van der Waals surface area contributed by atoms with Crippen molar-refractivity contribution in [2.24, 2.45) is 5.92 Å². The molecule has 1 aromatic rings. The molecular formula is C15H22ClN3. The van der Waals surface area contributed by atoms with Gasteiger partial charge in [-0.1, -0.05) is 24.9 Å². The summed E-state index contributed by atoms with van der Waals surface area (Å²) in [4.78, 5) is 6.89. The first kappa shape index (κ1) is 13.2. The standard InChI is InChI=1S/C15H22ClN3/c1-2-11-5-6-19(10-11)15-7-12(14(16)9-18-15)8-17-13-3-4-13/h7,9,11,13,17H,2-6,8,10H2,1H3. The van der Waals surface area contributed by atoms with Gasteiger partial charge >= 0.3 is 0 Å². The molecule has 2 aliphatic rings. The number of rotatable bonds is 5. The van der Waals surface area contributed by atoms with Gasteiger partial charge in [-0.25, -0.2) is 4.98 Å². The summed E-state index contributed by atoms with van der Waals surface area (Å²) in [6.45, 7) is 5.40. The van der Waals surface area contributed by atoms with Gasteiger partial charge in [0.05, 0.1) is 5.02 Å². The van der Waals surface area contributed by atoms with Crippen LogP contribution in [-0.2, 0) is 6.54 Å². The molecule has 2 heterocycles. The molecule has 19 heavy (non-hydrogen) atoms. The van der Waals surface area contributed by atoms with Gasteiger partial charge in [0.1, 0.15) is 5.82 Å². The summed E-state index contributed by atoms with van der Waals surface area (Å²) < 4.78 is 0. The Balaban J connectivity index is 1.69. The Bertz CT molecular complexity index is 445. The summed E-state index contributed by atoms with van der Waals surface area (Å²) >= 11 is 6.24. The van der Waals surface area contributed by atoms with Crippen molar-refractivity contribution >= 4 is 17.4 Å². The molecule has 1 saturated carbocycles. The predicted octanol–water partition coefficient (Wildman–Crippen LogP) is 3.22. The van der Waals surface area contributed by atoms with E-state index in [2.05, 4.69) is 28.2 Å². The van der Waals surface area contributed by atoms with Crippen LogP contribution in [0.2, 0.25) is 5.02 Å². The molecule has 0 bridgehead atoms. The lowest BCUT2D eigenvalue weighted by Crippen LogP contribution is -2.21. The fourth-order valence-corrected chi connectivity index (χ4v) is 2.86. The van der Waals surface area contributed by atoms with Crippen molar-refractivity contribution < 1.29 is 0 Å². The highest BCUT2D eigenvalue weighted by molar-refractivity contribution is 6.31. The van der Waals surface area contributed by atoms with Crippen molar-refractivity contribution in [1.82, 2.24) is 10.3 Å². The largest absolute Gasteiger partial charge is 0.356 e. The van der Waals surface area contributed by atoms with Crippen molar-refractivity contribution in [2.75, 3.05) is 18.0 Å². The van der Waals surface area contributed by atoms with E-state index >= 15 is 0 Å². The summed E-state index contributed by atoms with van der Waals surface area (Å²) in [7, 11) is 0. The lowest BCUT2D eigenvalue weighted by molar-refractivity contribution is 0.568. The Morgan fingerprint density at radius 1 is 1.42 bits per heavy atom. The second-order valence-electron chi connectivity index (χ2n) is 5.80. The van der Waals surface area contributed by atoms with Crippen molar-refractivity contribution in [1.29, 1.82) is 0 Å².